The van der Waals surface area contributed by atoms with E-state index in [2.05, 4.69) is 0 Å². The molecule has 0 bridgehead atoms. The molecule has 0 radical (unpaired) electrons. The van der Waals surface area contributed by atoms with Crippen LogP contribution in [-0.2, 0) is 14.3 Å². The van der Waals surface area contributed by atoms with E-state index in [1.165, 1.54) is 6.92 Å². The molecule has 1 unspecified atom stereocenters. The Morgan fingerprint density at radius 1 is 1.46 bits per heavy atom. The Bertz CT molecular complexity index is 241. The third kappa shape index (κ3) is 0.985. The van der Waals surface area contributed by atoms with Gasteiger partial charge in [-0.15, -0.1) is 0 Å². The Balaban J connectivity index is 2.35. The van der Waals surface area contributed by atoms with E-state index in [1.807, 2.05) is 0 Å². The molecule has 2 heterocycles. The van der Waals surface area contributed by atoms with Crippen molar-refractivity contribution in [2.75, 3.05) is 13.2 Å². The molecule has 13 heavy (non-hydrogen) atoms. The number of aliphatic hydroxyl groups excluding tert-OH is 2. The summed E-state index contributed by atoms with van der Waals surface area (Å²) in [5, 5.41) is 19.0. The van der Waals surface area contributed by atoms with E-state index in [9.17, 15) is 15.0 Å². The lowest BCUT2D eigenvalue weighted by Gasteiger charge is -2.26. The van der Waals surface area contributed by atoms with Crippen LogP contribution in [0.25, 0.3) is 0 Å². The van der Waals surface area contributed by atoms with E-state index in [4.69, 9.17) is 9.47 Å². The normalized spacial score (nSPS) is 49.3. The molecule has 0 aromatic heterocycles. The second-order valence-electron chi connectivity index (χ2n) is 3.50. The van der Waals surface area contributed by atoms with Gasteiger partial charge in [-0.1, -0.05) is 0 Å². The Morgan fingerprint density at radius 2 is 2.15 bits per heavy atom. The summed E-state index contributed by atoms with van der Waals surface area (Å²) in [4.78, 5) is 11.3. The van der Waals surface area contributed by atoms with E-state index in [-0.39, 0.29) is 19.0 Å². The number of hydrogen-bond acceptors (Lipinski definition) is 5. The van der Waals surface area contributed by atoms with Gasteiger partial charge in [0, 0.05) is 0 Å². The van der Waals surface area contributed by atoms with Gasteiger partial charge in [-0.2, -0.15) is 0 Å². The highest BCUT2D eigenvalue weighted by Gasteiger charge is 2.62. The van der Waals surface area contributed by atoms with Crippen molar-refractivity contribution in [2.45, 2.75) is 30.8 Å². The summed E-state index contributed by atoms with van der Waals surface area (Å²) in [6, 6.07) is 0. The van der Waals surface area contributed by atoms with Crippen LogP contribution >= 0.6 is 0 Å². The minimum Gasteiger partial charge on any atom is -0.388 e. The highest BCUT2D eigenvalue weighted by Crippen LogP contribution is 2.38. The van der Waals surface area contributed by atoms with Crippen molar-refractivity contribution < 1.29 is 24.5 Å². The molecule has 0 amide bonds. The predicted octanol–water partition coefficient (Wildman–Crippen LogP) is -1.54. The zero-order valence-corrected chi connectivity index (χ0v) is 7.27. The summed E-state index contributed by atoms with van der Waals surface area (Å²) in [6.07, 6.45) is -2.49. The Hall–Kier alpha value is -0.490. The van der Waals surface area contributed by atoms with Gasteiger partial charge >= 0.3 is 0 Å². The van der Waals surface area contributed by atoms with Crippen LogP contribution in [0.15, 0.2) is 0 Å². The fourth-order valence-corrected chi connectivity index (χ4v) is 2.05. The van der Waals surface area contributed by atoms with Gasteiger partial charge in [0.1, 0.15) is 18.3 Å². The summed E-state index contributed by atoms with van der Waals surface area (Å²) in [6.45, 7) is 1.42. The third-order valence-electron chi connectivity index (χ3n) is 2.74. The largest absolute Gasteiger partial charge is 0.388 e. The van der Waals surface area contributed by atoms with Crippen LogP contribution in [0.2, 0.25) is 0 Å². The highest BCUT2D eigenvalue weighted by molar-refractivity contribution is 5.87. The minimum absolute atomic E-state index is 0.0430. The van der Waals surface area contributed by atoms with Gasteiger partial charge in [0.25, 0.3) is 0 Å². The Morgan fingerprint density at radius 3 is 2.69 bits per heavy atom. The van der Waals surface area contributed by atoms with E-state index >= 15 is 0 Å². The summed E-state index contributed by atoms with van der Waals surface area (Å²) in [7, 11) is 0. The van der Waals surface area contributed by atoms with Crippen molar-refractivity contribution in [3.8, 4) is 0 Å². The molecule has 2 N–H and O–H groups in total. The zero-order chi connectivity index (χ0) is 9.64. The van der Waals surface area contributed by atoms with Gasteiger partial charge in [-0.25, -0.2) is 0 Å². The molecule has 0 spiro atoms. The molecule has 0 aromatic carbocycles. The first-order valence-corrected chi connectivity index (χ1v) is 4.21. The maximum absolute atomic E-state index is 11.3. The smallest absolute Gasteiger partial charge is 0.182 e. The van der Waals surface area contributed by atoms with Crippen LogP contribution in [0.1, 0.15) is 6.92 Å². The standard InChI is InChI=1S/C8H12O5/c1-4(9)8-6(11)3-12-7(8)5(10)2-13-8/h5-7,10-11H,2-3H2,1H3/t5?,6-,7+,8+/m0/s1. The molecule has 74 valence electrons. The average molecular weight is 188 g/mol. The number of carbonyl (C=O) groups excluding carboxylic acids is 1. The maximum Gasteiger partial charge on any atom is 0.182 e. The van der Waals surface area contributed by atoms with Crippen molar-refractivity contribution >= 4 is 5.78 Å². The number of ether oxygens (including phenoxy) is 2. The van der Waals surface area contributed by atoms with Crippen LogP contribution in [0.4, 0.5) is 0 Å². The molecular weight excluding hydrogens is 176 g/mol. The molecule has 2 aliphatic heterocycles. The molecule has 4 atom stereocenters. The first-order chi connectivity index (χ1) is 6.09. The molecule has 2 saturated heterocycles. The number of fused-ring (bicyclic) bond motifs is 1. The number of ketones is 1. The van der Waals surface area contributed by atoms with Gasteiger partial charge in [0.05, 0.1) is 13.2 Å². The molecule has 2 aliphatic rings. The number of aliphatic hydroxyl groups is 2. The maximum atomic E-state index is 11.3. The van der Waals surface area contributed by atoms with E-state index < -0.39 is 23.9 Å². The molecule has 0 saturated carbocycles. The van der Waals surface area contributed by atoms with Gasteiger partial charge in [0.15, 0.2) is 11.4 Å². The highest BCUT2D eigenvalue weighted by atomic mass is 16.6. The molecule has 5 nitrogen and oxygen atoms in total. The third-order valence-corrected chi connectivity index (χ3v) is 2.74. The van der Waals surface area contributed by atoms with Crippen LogP contribution in [0.5, 0.6) is 0 Å². The van der Waals surface area contributed by atoms with E-state index in [0.29, 0.717) is 0 Å². The molecule has 0 aliphatic carbocycles. The lowest BCUT2D eigenvalue weighted by atomic mass is 9.88. The Labute approximate surface area is 75.3 Å². The molecule has 2 rings (SSSR count). The summed E-state index contributed by atoms with van der Waals surface area (Å²) in [5.74, 6) is -0.293. The first-order valence-electron chi connectivity index (χ1n) is 4.21. The lowest BCUT2D eigenvalue weighted by molar-refractivity contribution is -0.148. The second kappa shape index (κ2) is 2.75. The summed E-state index contributed by atoms with van der Waals surface area (Å²) >= 11 is 0. The van der Waals surface area contributed by atoms with Gasteiger partial charge in [0.2, 0.25) is 0 Å². The predicted molar refractivity (Wildman–Crippen MR) is 41.1 cm³/mol. The molecular formula is C8H12O5. The number of hydrogen-bond donors (Lipinski definition) is 2. The SMILES string of the molecule is CC(=O)[C@]12OCC(O)[C@H]1OC[C@@H]2O. The lowest BCUT2D eigenvalue weighted by Crippen LogP contribution is -2.52. The van der Waals surface area contributed by atoms with Gasteiger partial charge in [-0.05, 0) is 6.92 Å². The number of carbonyl (C=O) groups is 1. The van der Waals surface area contributed by atoms with Crippen molar-refractivity contribution in [3.63, 3.8) is 0 Å². The average Bonchev–Trinajstić information content (AvgIpc) is 2.55. The van der Waals surface area contributed by atoms with E-state index in [0.717, 1.165) is 0 Å². The van der Waals surface area contributed by atoms with Gasteiger partial charge < -0.3 is 19.7 Å². The van der Waals surface area contributed by atoms with Crippen LogP contribution in [0.3, 0.4) is 0 Å². The van der Waals surface area contributed by atoms with Crippen LogP contribution in [0, 0.1) is 0 Å². The van der Waals surface area contributed by atoms with Crippen molar-refractivity contribution in [2.24, 2.45) is 0 Å². The second-order valence-corrected chi connectivity index (χ2v) is 3.50. The summed E-state index contributed by atoms with van der Waals surface area (Å²) < 4.78 is 10.3. The zero-order valence-electron chi connectivity index (χ0n) is 7.27. The van der Waals surface area contributed by atoms with Crippen molar-refractivity contribution in [3.05, 3.63) is 0 Å². The van der Waals surface area contributed by atoms with Crippen LogP contribution < -0.4 is 0 Å². The molecule has 0 aromatic rings. The number of Topliss-reactive ketones (excluding diaryl/α,β-unsaturated/α-hetero) is 1. The quantitative estimate of drug-likeness (QED) is 0.522. The molecule has 5 heteroatoms. The van der Waals surface area contributed by atoms with E-state index in [1.54, 1.807) is 0 Å². The monoisotopic (exact) mass is 188 g/mol. The fourth-order valence-electron chi connectivity index (χ4n) is 2.05. The first kappa shape index (κ1) is 9.08. The van der Waals surface area contributed by atoms with Gasteiger partial charge in [-0.3, -0.25) is 4.79 Å². The minimum atomic E-state index is -1.32. The molecule has 2 fully saturated rings. The Kier molecular flexibility index (Phi) is 1.92. The number of rotatable bonds is 1. The van der Waals surface area contributed by atoms with Crippen LogP contribution in [-0.4, -0.2) is 53.1 Å². The topological polar surface area (TPSA) is 76.0 Å². The van der Waals surface area contributed by atoms with Crippen molar-refractivity contribution in [1.82, 2.24) is 0 Å². The van der Waals surface area contributed by atoms with Crippen molar-refractivity contribution in [1.29, 1.82) is 0 Å². The summed E-state index contributed by atoms with van der Waals surface area (Å²) in [5.41, 5.74) is -1.32. The fraction of sp³-hybridized carbons (Fsp3) is 0.875.